The predicted molar refractivity (Wildman–Crippen MR) is 54.8 cm³/mol. The van der Waals surface area contributed by atoms with Crippen LogP contribution in [0.1, 0.15) is 11.7 Å². The van der Waals surface area contributed by atoms with Gasteiger partial charge in [-0.2, -0.15) is 0 Å². The zero-order valence-corrected chi connectivity index (χ0v) is 8.50. The van der Waals surface area contributed by atoms with Crippen molar-refractivity contribution >= 4 is 17.6 Å². The Morgan fingerprint density at radius 1 is 1.67 bits per heavy atom. The van der Waals surface area contributed by atoms with E-state index in [1.54, 1.807) is 6.07 Å². The van der Waals surface area contributed by atoms with Crippen molar-refractivity contribution in [1.29, 1.82) is 0 Å². The van der Waals surface area contributed by atoms with Gasteiger partial charge >= 0.3 is 5.97 Å². The SMILES string of the molecule is C#CC(OC(=O)CCl)c1cccc(F)c1. The molecule has 1 aromatic carbocycles. The molecule has 78 valence electrons. The third-order valence-electron chi connectivity index (χ3n) is 1.66. The van der Waals surface area contributed by atoms with Crippen molar-refractivity contribution in [2.24, 2.45) is 0 Å². The molecule has 0 saturated carbocycles. The van der Waals surface area contributed by atoms with Gasteiger partial charge in [0.2, 0.25) is 0 Å². The number of halogens is 2. The molecule has 15 heavy (non-hydrogen) atoms. The molecule has 0 aromatic heterocycles. The van der Waals surface area contributed by atoms with Gasteiger partial charge in [-0.05, 0) is 12.1 Å². The quantitative estimate of drug-likeness (QED) is 0.449. The number of esters is 1. The number of hydrogen-bond acceptors (Lipinski definition) is 2. The van der Waals surface area contributed by atoms with Crippen molar-refractivity contribution in [1.82, 2.24) is 0 Å². The minimum Gasteiger partial charge on any atom is -0.443 e. The number of benzene rings is 1. The maximum atomic E-state index is 12.8. The lowest BCUT2D eigenvalue weighted by Gasteiger charge is -2.11. The molecule has 1 atom stereocenters. The number of alkyl halides is 1. The average molecular weight is 227 g/mol. The molecular formula is C11H8ClFO2. The van der Waals surface area contributed by atoms with Crippen molar-refractivity contribution in [3.63, 3.8) is 0 Å². The maximum absolute atomic E-state index is 12.8. The molecule has 0 heterocycles. The molecule has 0 spiro atoms. The van der Waals surface area contributed by atoms with E-state index >= 15 is 0 Å². The monoisotopic (exact) mass is 226 g/mol. The third kappa shape index (κ3) is 3.26. The van der Waals surface area contributed by atoms with Crippen molar-refractivity contribution in [2.75, 3.05) is 5.88 Å². The van der Waals surface area contributed by atoms with Crippen LogP contribution in [-0.2, 0) is 9.53 Å². The lowest BCUT2D eigenvalue weighted by molar-refractivity contribution is -0.143. The Labute approximate surface area is 92.0 Å². The van der Waals surface area contributed by atoms with Crippen LogP contribution in [0.4, 0.5) is 4.39 Å². The predicted octanol–water partition coefficient (Wildman–Crippen LogP) is 2.28. The Morgan fingerprint density at radius 2 is 2.40 bits per heavy atom. The first-order valence-electron chi connectivity index (χ1n) is 4.14. The van der Waals surface area contributed by atoms with E-state index < -0.39 is 17.9 Å². The maximum Gasteiger partial charge on any atom is 0.322 e. The lowest BCUT2D eigenvalue weighted by atomic mass is 10.1. The van der Waals surface area contributed by atoms with E-state index in [0.29, 0.717) is 5.56 Å². The molecule has 4 heteroatoms. The van der Waals surface area contributed by atoms with Gasteiger partial charge in [0.1, 0.15) is 11.7 Å². The molecule has 0 amide bonds. The molecule has 1 unspecified atom stereocenters. The normalized spacial score (nSPS) is 11.5. The molecule has 0 saturated heterocycles. The van der Waals surface area contributed by atoms with E-state index in [4.69, 9.17) is 22.8 Å². The molecule has 0 N–H and O–H groups in total. The molecule has 0 aliphatic heterocycles. The number of terminal acetylenes is 1. The highest BCUT2D eigenvalue weighted by atomic mass is 35.5. The van der Waals surface area contributed by atoms with Crippen LogP contribution in [0.25, 0.3) is 0 Å². The summed E-state index contributed by atoms with van der Waals surface area (Å²) in [5, 5.41) is 0. The second-order valence-electron chi connectivity index (χ2n) is 2.73. The Hall–Kier alpha value is -1.53. The van der Waals surface area contributed by atoms with E-state index in [9.17, 15) is 9.18 Å². The first-order chi connectivity index (χ1) is 7.17. The molecule has 1 rings (SSSR count). The largest absolute Gasteiger partial charge is 0.443 e. The van der Waals surface area contributed by atoms with Gasteiger partial charge in [0.15, 0.2) is 6.10 Å². The number of hydrogen-bond donors (Lipinski definition) is 0. The molecular weight excluding hydrogens is 219 g/mol. The zero-order chi connectivity index (χ0) is 11.3. The van der Waals surface area contributed by atoms with E-state index in [2.05, 4.69) is 5.92 Å². The molecule has 0 fully saturated rings. The van der Waals surface area contributed by atoms with Crippen LogP contribution in [0.2, 0.25) is 0 Å². The second-order valence-corrected chi connectivity index (χ2v) is 2.99. The Balaban J connectivity index is 2.84. The zero-order valence-electron chi connectivity index (χ0n) is 7.74. The van der Waals surface area contributed by atoms with Gasteiger partial charge in [-0.25, -0.2) is 4.39 Å². The van der Waals surface area contributed by atoms with Crippen molar-refractivity contribution in [3.05, 3.63) is 35.6 Å². The number of rotatable bonds is 3. The average Bonchev–Trinajstić information content (AvgIpc) is 2.25. The van der Waals surface area contributed by atoms with Gasteiger partial charge in [0, 0.05) is 5.56 Å². The summed E-state index contributed by atoms with van der Waals surface area (Å²) in [6, 6.07) is 5.56. The summed E-state index contributed by atoms with van der Waals surface area (Å²) in [6.07, 6.45) is 4.27. The third-order valence-corrected chi connectivity index (χ3v) is 1.88. The van der Waals surface area contributed by atoms with Crippen LogP contribution in [0.5, 0.6) is 0 Å². The molecule has 1 aromatic rings. The van der Waals surface area contributed by atoms with E-state index in [-0.39, 0.29) is 5.88 Å². The Bertz CT molecular complexity index is 398. The fourth-order valence-corrected chi connectivity index (χ4v) is 1.09. The standard InChI is InChI=1S/C11H8ClFO2/c1-2-10(15-11(14)7-12)8-4-3-5-9(13)6-8/h1,3-6,10H,7H2. The minimum absolute atomic E-state index is 0.284. The van der Waals surface area contributed by atoms with Gasteiger partial charge in [0.25, 0.3) is 0 Å². The summed E-state index contributed by atoms with van der Waals surface area (Å²) in [7, 11) is 0. The minimum atomic E-state index is -0.896. The molecule has 2 nitrogen and oxygen atoms in total. The highest BCUT2D eigenvalue weighted by Gasteiger charge is 2.13. The summed E-state index contributed by atoms with van der Waals surface area (Å²) in [5.41, 5.74) is 0.413. The van der Waals surface area contributed by atoms with Gasteiger partial charge in [0.05, 0.1) is 0 Å². The van der Waals surface area contributed by atoms with Gasteiger partial charge < -0.3 is 4.74 Å². The molecule has 0 radical (unpaired) electrons. The van der Waals surface area contributed by atoms with Crippen LogP contribution in [0.3, 0.4) is 0 Å². The van der Waals surface area contributed by atoms with Gasteiger partial charge in [-0.3, -0.25) is 4.79 Å². The fourth-order valence-electron chi connectivity index (χ4n) is 1.03. The smallest absolute Gasteiger partial charge is 0.322 e. The fraction of sp³-hybridized carbons (Fsp3) is 0.182. The number of ether oxygens (including phenoxy) is 1. The van der Waals surface area contributed by atoms with Gasteiger partial charge in [-0.15, -0.1) is 18.0 Å². The lowest BCUT2D eigenvalue weighted by Crippen LogP contribution is -2.11. The highest BCUT2D eigenvalue weighted by molar-refractivity contribution is 6.26. The number of carbonyl (C=O) groups excluding carboxylic acids is 1. The summed E-state index contributed by atoms with van der Waals surface area (Å²) < 4.78 is 17.7. The van der Waals surface area contributed by atoms with Crippen LogP contribution in [0, 0.1) is 18.2 Å². The van der Waals surface area contributed by atoms with E-state index in [0.717, 1.165) is 0 Å². The summed E-state index contributed by atoms with van der Waals surface area (Å²) in [4.78, 5) is 10.9. The molecule has 0 aliphatic rings. The van der Waals surface area contributed by atoms with Crippen molar-refractivity contribution in [3.8, 4) is 12.3 Å². The van der Waals surface area contributed by atoms with Crippen LogP contribution >= 0.6 is 11.6 Å². The van der Waals surface area contributed by atoms with Crippen LogP contribution in [-0.4, -0.2) is 11.8 Å². The first kappa shape index (κ1) is 11.5. The van der Waals surface area contributed by atoms with E-state index in [1.165, 1.54) is 18.2 Å². The summed E-state index contributed by atoms with van der Waals surface area (Å²) in [5.74, 6) is 0.887. The van der Waals surface area contributed by atoms with E-state index in [1.807, 2.05) is 0 Å². The number of carbonyl (C=O) groups is 1. The second kappa shape index (κ2) is 5.38. The van der Waals surface area contributed by atoms with Gasteiger partial charge in [-0.1, -0.05) is 18.1 Å². The molecule has 0 bridgehead atoms. The van der Waals surface area contributed by atoms with Crippen molar-refractivity contribution < 1.29 is 13.9 Å². The summed E-state index contributed by atoms with van der Waals surface area (Å²) >= 11 is 5.25. The Morgan fingerprint density at radius 3 is 2.93 bits per heavy atom. The Kier molecular flexibility index (Phi) is 4.14. The van der Waals surface area contributed by atoms with Crippen molar-refractivity contribution in [2.45, 2.75) is 6.10 Å². The molecule has 0 aliphatic carbocycles. The van der Waals surface area contributed by atoms with Crippen LogP contribution < -0.4 is 0 Å². The van der Waals surface area contributed by atoms with Crippen LogP contribution in [0.15, 0.2) is 24.3 Å². The highest BCUT2D eigenvalue weighted by Crippen LogP contribution is 2.17. The topological polar surface area (TPSA) is 26.3 Å². The first-order valence-corrected chi connectivity index (χ1v) is 4.68. The summed E-state index contributed by atoms with van der Waals surface area (Å²) in [6.45, 7) is 0.